The van der Waals surface area contributed by atoms with Crippen LogP contribution < -0.4 is 5.32 Å². The van der Waals surface area contributed by atoms with Gasteiger partial charge in [0.15, 0.2) is 0 Å². The molecule has 0 saturated heterocycles. The Morgan fingerprint density at radius 3 is 2.90 bits per heavy atom. The van der Waals surface area contributed by atoms with Crippen molar-refractivity contribution in [1.82, 2.24) is 10.3 Å². The van der Waals surface area contributed by atoms with Gasteiger partial charge in [-0.2, -0.15) is 5.26 Å². The molecular formula is C17H23N3. The molecule has 1 N–H and O–H groups in total. The summed E-state index contributed by atoms with van der Waals surface area (Å²) < 4.78 is 0. The van der Waals surface area contributed by atoms with Crippen molar-refractivity contribution >= 4 is 0 Å². The largest absolute Gasteiger partial charge is 0.309 e. The molecule has 2 fully saturated rings. The second-order valence-electron chi connectivity index (χ2n) is 7.39. The molecule has 0 amide bonds. The van der Waals surface area contributed by atoms with E-state index in [2.05, 4.69) is 37.1 Å². The molecule has 1 heterocycles. The number of nitrogens with zero attached hydrogens (tertiary/aromatic N) is 2. The van der Waals surface area contributed by atoms with Gasteiger partial charge < -0.3 is 5.32 Å². The van der Waals surface area contributed by atoms with Crippen LogP contribution in [0.5, 0.6) is 0 Å². The summed E-state index contributed by atoms with van der Waals surface area (Å²) in [6, 6.07) is 6.55. The van der Waals surface area contributed by atoms with Gasteiger partial charge in [0.1, 0.15) is 11.8 Å². The topological polar surface area (TPSA) is 48.7 Å². The second-order valence-corrected chi connectivity index (χ2v) is 7.39. The molecule has 3 nitrogen and oxygen atoms in total. The molecule has 3 heteroatoms. The zero-order valence-corrected chi connectivity index (χ0v) is 12.6. The third-order valence-electron chi connectivity index (χ3n) is 5.72. The number of pyridine rings is 1. The van der Waals surface area contributed by atoms with Gasteiger partial charge in [-0.3, -0.25) is 0 Å². The average Bonchev–Trinajstić information content (AvgIpc) is 2.89. The van der Waals surface area contributed by atoms with E-state index < -0.39 is 0 Å². The van der Waals surface area contributed by atoms with E-state index in [-0.39, 0.29) is 0 Å². The van der Waals surface area contributed by atoms with Gasteiger partial charge in [-0.1, -0.05) is 20.8 Å². The highest BCUT2D eigenvalue weighted by Crippen LogP contribution is 2.62. The SMILES string of the molecule is CC12CCC(C1)C(C)(C)C2NCc1ccnc(C#N)c1. The van der Waals surface area contributed by atoms with Crippen LogP contribution in [0.15, 0.2) is 18.3 Å². The molecule has 1 aromatic heterocycles. The summed E-state index contributed by atoms with van der Waals surface area (Å²) in [6.07, 6.45) is 5.81. The highest BCUT2D eigenvalue weighted by atomic mass is 15.0. The maximum absolute atomic E-state index is 8.92. The van der Waals surface area contributed by atoms with E-state index in [1.165, 1.54) is 19.3 Å². The molecule has 3 rings (SSSR count). The minimum atomic E-state index is 0.373. The fraction of sp³-hybridized carbons (Fsp3) is 0.647. The van der Waals surface area contributed by atoms with Crippen LogP contribution in [0, 0.1) is 28.1 Å². The summed E-state index contributed by atoms with van der Waals surface area (Å²) >= 11 is 0. The molecule has 0 aromatic carbocycles. The van der Waals surface area contributed by atoms with Crippen LogP contribution in [0.3, 0.4) is 0 Å². The molecule has 2 aliphatic rings. The standard InChI is InChI=1S/C17H23N3/c1-16(2)13-4-6-17(3,9-13)15(16)20-11-12-5-7-19-14(8-12)10-18/h5,7-8,13,15,20H,4,6,9,11H2,1-3H3. The third-order valence-corrected chi connectivity index (χ3v) is 5.72. The predicted octanol–water partition coefficient (Wildman–Crippen LogP) is 3.26. The van der Waals surface area contributed by atoms with Gasteiger partial charge in [0, 0.05) is 18.8 Å². The Balaban J connectivity index is 1.73. The summed E-state index contributed by atoms with van der Waals surface area (Å²) in [7, 11) is 0. The zero-order chi connectivity index (χ0) is 14.4. The van der Waals surface area contributed by atoms with Crippen molar-refractivity contribution in [1.29, 1.82) is 5.26 Å². The van der Waals surface area contributed by atoms with Crippen LogP contribution in [-0.2, 0) is 6.54 Å². The van der Waals surface area contributed by atoms with E-state index in [1.54, 1.807) is 6.20 Å². The summed E-state index contributed by atoms with van der Waals surface area (Å²) in [5, 5.41) is 12.7. The van der Waals surface area contributed by atoms with Crippen molar-refractivity contribution < 1.29 is 0 Å². The van der Waals surface area contributed by atoms with Crippen molar-refractivity contribution in [2.24, 2.45) is 16.7 Å². The fourth-order valence-electron chi connectivity index (χ4n) is 4.68. The van der Waals surface area contributed by atoms with Crippen LogP contribution in [0.1, 0.15) is 51.3 Å². The third kappa shape index (κ3) is 2.03. The quantitative estimate of drug-likeness (QED) is 0.916. The van der Waals surface area contributed by atoms with Crippen LogP contribution in [0.2, 0.25) is 0 Å². The summed E-state index contributed by atoms with van der Waals surface area (Å²) in [6.45, 7) is 8.08. The zero-order valence-electron chi connectivity index (χ0n) is 12.6. The van der Waals surface area contributed by atoms with Crippen LogP contribution in [0.4, 0.5) is 0 Å². The first-order chi connectivity index (χ1) is 9.45. The number of hydrogen-bond donors (Lipinski definition) is 1. The first kappa shape index (κ1) is 13.6. The molecule has 0 spiro atoms. The van der Waals surface area contributed by atoms with Gasteiger partial charge >= 0.3 is 0 Å². The number of aromatic nitrogens is 1. The lowest BCUT2D eigenvalue weighted by Gasteiger charge is -2.43. The van der Waals surface area contributed by atoms with Crippen molar-refractivity contribution in [2.45, 2.75) is 52.6 Å². The Morgan fingerprint density at radius 2 is 2.25 bits per heavy atom. The predicted molar refractivity (Wildman–Crippen MR) is 78.8 cm³/mol. The molecule has 0 aliphatic heterocycles. The van der Waals surface area contributed by atoms with Gasteiger partial charge in [0.2, 0.25) is 0 Å². The monoisotopic (exact) mass is 269 g/mol. The number of rotatable bonds is 3. The lowest BCUT2D eigenvalue weighted by molar-refractivity contribution is 0.108. The Labute approximate surface area is 121 Å². The summed E-state index contributed by atoms with van der Waals surface area (Å²) in [5.41, 5.74) is 2.47. The maximum atomic E-state index is 8.92. The smallest absolute Gasteiger partial charge is 0.140 e. The van der Waals surface area contributed by atoms with E-state index in [1.807, 2.05) is 12.1 Å². The minimum Gasteiger partial charge on any atom is -0.309 e. The normalized spacial score (nSPS) is 34.1. The lowest BCUT2D eigenvalue weighted by Crippen LogP contribution is -2.49. The molecule has 106 valence electrons. The van der Waals surface area contributed by atoms with E-state index in [0.29, 0.717) is 22.6 Å². The molecule has 0 radical (unpaired) electrons. The van der Waals surface area contributed by atoms with Crippen molar-refractivity contribution in [3.63, 3.8) is 0 Å². The first-order valence-electron chi connectivity index (χ1n) is 7.54. The molecule has 2 saturated carbocycles. The van der Waals surface area contributed by atoms with Gasteiger partial charge in [-0.05, 0) is 53.7 Å². The van der Waals surface area contributed by atoms with Crippen LogP contribution in [-0.4, -0.2) is 11.0 Å². The van der Waals surface area contributed by atoms with E-state index in [4.69, 9.17) is 5.26 Å². The maximum Gasteiger partial charge on any atom is 0.140 e. The van der Waals surface area contributed by atoms with E-state index in [9.17, 15) is 0 Å². The molecule has 20 heavy (non-hydrogen) atoms. The minimum absolute atomic E-state index is 0.373. The first-order valence-corrected chi connectivity index (χ1v) is 7.54. The lowest BCUT2D eigenvalue weighted by atomic mass is 9.68. The Bertz CT molecular complexity index is 553. The van der Waals surface area contributed by atoms with Crippen molar-refractivity contribution in [3.8, 4) is 6.07 Å². The highest BCUT2D eigenvalue weighted by Gasteiger charge is 2.58. The Morgan fingerprint density at radius 1 is 1.45 bits per heavy atom. The van der Waals surface area contributed by atoms with Crippen LogP contribution >= 0.6 is 0 Å². The molecule has 3 atom stereocenters. The van der Waals surface area contributed by atoms with Gasteiger partial charge in [-0.25, -0.2) is 4.98 Å². The van der Waals surface area contributed by atoms with Crippen molar-refractivity contribution in [2.75, 3.05) is 0 Å². The van der Waals surface area contributed by atoms with E-state index >= 15 is 0 Å². The second kappa shape index (κ2) is 4.56. The number of nitrogens with one attached hydrogen (secondary N) is 1. The molecule has 2 aliphatic carbocycles. The summed E-state index contributed by atoms with van der Waals surface area (Å²) in [5.74, 6) is 0.858. The Kier molecular flexibility index (Phi) is 3.10. The van der Waals surface area contributed by atoms with Gasteiger partial charge in [-0.15, -0.1) is 0 Å². The van der Waals surface area contributed by atoms with E-state index in [0.717, 1.165) is 18.0 Å². The van der Waals surface area contributed by atoms with Crippen molar-refractivity contribution in [3.05, 3.63) is 29.6 Å². The van der Waals surface area contributed by atoms with Crippen LogP contribution in [0.25, 0.3) is 0 Å². The molecular weight excluding hydrogens is 246 g/mol. The number of hydrogen-bond acceptors (Lipinski definition) is 3. The number of nitriles is 1. The average molecular weight is 269 g/mol. The highest BCUT2D eigenvalue weighted by molar-refractivity contribution is 5.25. The number of fused-ring (bicyclic) bond motifs is 2. The fourth-order valence-corrected chi connectivity index (χ4v) is 4.68. The molecule has 1 aromatic rings. The summed E-state index contributed by atoms with van der Waals surface area (Å²) in [4.78, 5) is 4.03. The Hall–Kier alpha value is -1.40. The van der Waals surface area contributed by atoms with Gasteiger partial charge in [0.25, 0.3) is 0 Å². The van der Waals surface area contributed by atoms with Gasteiger partial charge in [0.05, 0.1) is 0 Å². The molecule has 2 bridgehead atoms. The molecule has 3 unspecified atom stereocenters.